The number of unbranched alkanes of at least 4 members (excludes halogenated alkanes) is 1. The highest BCUT2D eigenvalue weighted by molar-refractivity contribution is 5.67. The van der Waals surface area contributed by atoms with Crippen LogP contribution in [0.2, 0.25) is 0 Å². The topological polar surface area (TPSA) is 135 Å². The highest BCUT2D eigenvalue weighted by Gasteiger charge is 3.07. The van der Waals surface area contributed by atoms with Crippen molar-refractivity contribution in [3.8, 4) is 0 Å². The van der Waals surface area contributed by atoms with Crippen molar-refractivity contribution in [1.29, 1.82) is 0 Å². The largest absolute Gasteiger partial charge is 0.481 e. The van der Waals surface area contributed by atoms with E-state index in [2.05, 4.69) is 0 Å². The van der Waals surface area contributed by atoms with E-state index in [9.17, 15) is 9.59 Å². The summed E-state index contributed by atoms with van der Waals surface area (Å²) in [7, 11) is 0. The molecule has 3 aliphatic carbocycles. The van der Waals surface area contributed by atoms with Gasteiger partial charge < -0.3 is 25.5 Å². The molecule has 3 atom stereocenters. The van der Waals surface area contributed by atoms with Crippen molar-refractivity contribution in [3.63, 3.8) is 0 Å². The molecule has 0 saturated heterocycles. The Balaban J connectivity index is 0.000000140. The molecule has 3 saturated carbocycles. The Hall–Kier alpha value is -1.18. The summed E-state index contributed by atoms with van der Waals surface area (Å²) in [4.78, 5) is 19.8. The van der Waals surface area contributed by atoms with E-state index in [1.807, 2.05) is 0 Å². The summed E-state index contributed by atoms with van der Waals surface area (Å²) in [5, 5.41) is 43.5. The van der Waals surface area contributed by atoms with Gasteiger partial charge in [0.25, 0.3) is 0 Å². The van der Waals surface area contributed by atoms with Crippen LogP contribution in [0.4, 0.5) is 0 Å². The molecular weight excluding hydrogens is 256 g/mol. The lowest BCUT2D eigenvalue weighted by Crippen LogP contribution is -2.24. The number of carbonyl (C=O) groups is 2. The number of aliphatic carboxylic acids is 2. The summed E-state index contributed by atoms with van der Waals surface area (Å²) in [6.45, 7) is 0. The highest BCUT2D eigenvalue weighted by atomic mass is 16.4. The summed E-state index contributed by atoms with van der Waals surface area (Å²) in [6.07, 6.45) is 0.409. The van der Waals surface area contributed by atoms with E-state index in [0.29, 0.717) is 19.3 Å². The maximum absolute atomic E-state index is 9.90. The van der Waals surface area contributed by atoms with Gasteiger partial charge in [-0.05, 0) is 19.3 Å². The Morgan fingerprint density at radius 3 is 1.47 bits per heavy atom. The van der Waals surface area contributed by atoms with Crippen molar-refractivity contribution in [1.82, 2.24) is 0 Å². The minimum atomic E-state index is -0.870. The van der Waals surface area contributed by atoms with Crippen LogP contribution in [0.3, 0.4) is 0 Å². The van der Waals surface area contributed by atoms with Gasteiger partial charge in [-0.3, -0.25) is 9.59 Å². The predicted octanol–water partition coefficient (Wildman–Crippen LogP) is -0.811. The minimum Gasteiger partial charge on any atom is -0.481 e. The van der Waals surface area contributed by atoms with Gasteiger partial charge >= 0.3 is 11.9 Å². The van der Waals surface area contributed by atoms with Crippen molar-refractivity contribution in [2.75, 3.05) is 0 Å². The fourth-order valence-electron chi connectivity index (χ4n) is 3.36. The van der Waals surface area contributed by atoms with Crippen molar-refractivity contribution >= 4 is 11.9 Å². The number of hydrogen-bond acceptors (Lipinski definition) is 5. The minimum absolute atomic E-state index is 0.0628. The Bertz CT molecular complexity index is 371. The fraction of sp³-hybridized carbons (Fsp3) is 0.833. The molecule has 0 radical (unpaired) electrons. The van der Waals surface area contributed by atoms with Gasteiger partial charge in [0, 0.05) is 18.3 Å². The smallest absolute Gasteiger partial charge is 0.303 e. The predicted molar refractivity (Wildman–Crippen MR) is 61.2 cm³/mol. The third kappa shape index (κ3) is 1.76. The van der Waals surface area contributed by atoms with Crippen molar-refractivity contribution in [2.45, 2.75) is 50.4 Å². The first kappa shape index (κ1) is 14.2. The zero-order valence-corrected chi connectivity index (χ0v) is 10.3. The Kier molecular flexibility index (Phi) is 3.32. The monoisotopic (exact) mass is 274 g/mol. The highest BCUT2D eigenvalue weighted by Crippen LogP contribution is 2.95. The van der Waals surface area contributed by atoms with E-state index in [-0.39, 0.29) is 18.3 Å². The number of carboxylic acids is 2. The van der Waals surface area contributed by atoms with E-state index in [4.69, 9.17) is 25.5 Å². The number of rotatable bonds is 5. The fourth-order valence-corrected chi connectivity index (χ4v) is 3.36. The van der Waals surface area contributed by atoms with Crippen molar-refractivity contribution in [3.05, 3.63) is 0 Å². The van der Waals surface area contributed by atoms with Crippen LogP contribution in [0, 0.1) is 10.8 Å². The molecule has 0 amide bonds. The quantitative estimate of drug-likeness (QED) is 0.414. The van der Waals surface area contributed by atoms with Crippen molar-refractivity contribution in [2.24, 2.45) is 10.8 Å². The van der Waals surface area contributed by atoms with Crippen LogP contribution in [0.1, 0.15) is 32.1 Å². The molecule has 0 spiro atoms. The van der Waals surface area contributed by atoms with Gasteiger partial charge in [-0.25, -0.2) is 0 Å². The van der Waals surface area contributed by atoms with E-state index >= 15 is 0 Å². The number of aliphatic hydroxyl groups is 3. The van der Waals surface area contributed by atoms with E-state index in [1.54, 1.807) is 0 Å². The number of aliphatic hydroxyl groups excluding tert-OH is 3. The molecule has 0 aromatic carbocycles. The molecule has 3 aliphatic rings. The van der Waals surface area contributed by atoms with Gasteiger partial charge in [0.2, 0.25) is 0 Å². The molecule has 19 heavy (non-hydrogen) atoms. The zero-order valence-electron chi connectivity index (χ0n) is 10.3. The molecule has 0 bridgehead atoms. The van der Waals surface area contributed by atoms with Gasteiger partial charge in [0.1, 0.15) is 0 Å². The average Bonchev–Trinajstić information content (AvgIpc) is 2.99. The molecule has 3 unspecified atom stereocenters. The molecule has 0 aliphatic heterocycles. The Labute approximate surface area is 109 Å². The van der Waals surface area contributed by atoms with Crippen LogP contribution < -0.4 is 0 Å². The lowest BCUT2D eigenvalue weighted by Gasteiger charge is -2.14. The molecule has 5 N–H and O–H groups in total. The lowest BCUT2D eigenvalue weighted by atomic mass is 9.97. The second kappa shape index (κ2) is 4.43. The molecule has 0 aromatic heterocycles. The van der Waals surface area contributed by atoms with Crippen LogP contribution in [0.25, 0.3) is 0 Å². The van der Waals surface area contributed by atoms with Gasteiger partial charge in [-0.15, -0.1) is 0 Å². The molecule has 0 heterocycles. The first-order chi connectivity index (χ1) is 8.81. The van der Waals surface area contributed by atoms with Gasteiger partial charge in [-0.2, -0.15) is 0 Å². The van der Waals surface area contributed by atoms with Crippen molar-refractivity contribution < 1.29 is 35.1 Å². The summed E-state index contributed by atoms with van der Waals surface area (Å²) in [5.74, 6) is -1.74. The number of carboxylic acid groups (broad SMARTS) is 2. The summed E-state index contributed by atoms with van der Waals surface area (Å²) in [6, 6.07) is 0. The first-order valence-electron chi connectivity index (χ1n) is 6.29. The third-order valence-electron chi connectivity index (χ3n) is 4.63. The molecule has 3 fully saturated rings. The average molecular weight is 274 g/mol. The molecule has 7 heteroatoms. The lowest BCUT2D eigenvalue weighted by molar-refractivity contribution is -0.139. The standard InChI is InChI=1S/C6H10O4.C6H8O3/c7-5(8)3-1-2-4-6(9)10;7-2-1-5-3(8)6(2,5)4(5)9/h1-4H2,(H,7,8)(H,9,10);2-4,7-9H,1H2. The van der Waals surface area contributed by atoms with Crippen LogP contribution >= 0.6 is 0 Å². The van der Waals surface area contributed by atoms with Crippen LogP contribution in [0.15, 0.2) is 0 Å². The van der Waals surface area contributed by atoms with E-state index in [0.717, 1.165) is 0 Å². The second-order valence-electron chi connectivity index (χ2n) is 5.49. The maximum atomic E-state index is 9.90. The SMILES string of the molecule is O=C(O)CCCCC(=O)O.OC1CC23C(O)C12C3O. The Morgan fingerprint density at radius 2 is 1.37 bits per heavy atom. The molecule has 3 rings (SSSR count). The normalized spacial score (nSPS) is 43.8. The zero-order chi connectivity index (χ0) is 14.4. The molecular formula is C12H18O7. The summed E-state index contributed by atoms with van der Waals surface area (Å²) < 4.78 is 0. The van der Waals surface area contributed by atoms with E-state index in [1.165, 1.54) is 0 Å². The third-order valence-corrected chi connectivity index (χ3v) is 4.63. The second-order valence-corrected chi connectivity index (χ2v) is 5.49. The van der Waals surface area contributed by atoms with Crippen LogP contribution in [-0.2, 0) is 9.59 Å². The summed E-state index contributed by atoms with van der Waals surface area (Å²) >= 11 is 0. The van der Waals surface area contributed by atoms with Crippen LogP contribution in [0.5, 0.6) is 0 Å². The van der Waals surface area contributed by atoms with Gasteiger partial charge in [0.15, 0.2) is 0 Å². The first-order valence-corrected chi connectivity index (χ1v) is 6.29. The molecule has 7 nitrogen and oxygen atoms in total. The van der Waals surface area contributed by atoms with Crippen LogP contribution in [-0.4, -0.2) is 55.8 Å². The maximum Gasteiger partial charge on any atom is 0.303 e. The number of hydrogen-bond donors (Lipinski definition) is 5. The van der Waals surface area contributed by atoms with E-state index < -0.39 is 35.7 Å². The van der Waals surface area contributed by atoms with Gasteiger partial charge in [0.05, 0.1) is 23.7 Å². The Morgan fingerprint density at radius 1 is 0.947 bits per heavy atom. The van der Waals surface area contributed by atoms with Gasteiger partial charge in [-0.1, -0.05) is 0 Å². The summed E-state index contributed by atoms with van der Waals surface area (Å²) in [5.41, 5.74) is -0.639. The molecule has 0 aromatic rings. The molecule has 108 valence electrons.